The summed E-state index contributed by atoms with van der Waals surface area (Å²) in [4.78, 5) is 70.1. The summed E-state index contributed by atoms with van der Waals surface area (Å²) in [5.74, 6) is -5.92. The molecule has 8 N–H and O–H groups in total. The minimum Gasteiger partial charge on any atom is -0.480 e. The first-order valence-electron chi connectivity index (χ1n) is 11.3. The molecule has 0 aromatic carbocycles. The van der Waals surface area contributed by atoms with E-state index in [1.807, 2.05) is 6.92 Å². The number of nitrogens with one attached hydrogen (secondary N) is 3. The lowest BCUT2D eigenvalue weighted by molar-refractivity contribution is -0.142. The minimum atomic E-state index is -1.30. The van der Waals surface area contributed by atoms with E-state index in [0.29, 0.717) is 6.42 Å². The Labute approximate surface area is 208 Å². The summed E-state index contributed by atoms with van der Waals surface area (Å²) in [6.07, 6.45) is 3.06. The van der Waals surface area contributed by atoms with Gasteiger partial charge in [-0.2, -0.15) is 11.8 Å². The van der Waals surface area contributed by atoms with Crippen LogP contribution in [0.1, 0.15) is 58.8 Å². The Kier molecular flexibility index (Phi) is 16.1. The number of hydrogen-bond donors (Lipinski definition) is 7. The molecule has 3 amide bonds. The van der Waals surface area contributed by atoms with Crippen molar-refractivity contribution in [3.63, 3.8) is 0 Å². The Morgan fingerprint density at radius 3 is 1.91 bits per heavy atom. The molecule has 0 bridgehead atoms. The number of carbonyl (C=O) groups is 6. The third-order valence-corrected chi connectivity index (χ3v) is 5.99. The van der Waals surface area contributed by atoms with Crippen LogP contribution in [0.3, 0.4) is 0 Å². The van der Waals surface area contributed by atoms with E-state index in [-0.39, 0.29) is 30.8 Å². The summed E-state index contributed by atoms with van der Waals surface area (Å²) in [5, 5.41) is 34.2. The lowest BCUT2D eigenvalue weighted by Crippen LogP contribution is -2.52. The zero-order chi connectivity index (χ0) is 27.0. The molecule has 0 aromatic rings. The Morgan fingerprint density at radius 1 is 0.771 bits per heavy atom. The highest BCUT2D eigenvalue weighted by Crippen LogP contribution is 2.08. The lowest BCUT2D eigenvalue weighted by Gasteiger charge is -2.21. The Balaban J connectivity index is 4.95. The zero-order valence-corrected chi connectivity index (χ0v) is 20.8. The number of unbranched alkanes of at least 4 members (excludes halogenated alkanes) is 3. The second kappa shape index (κ2) is 17.5. The van der Waals surface area contributed by atoms with Gasteiger partial charge in [-0.3, -0.25) is 24.0 Å². The summed E-state index contributed by atoms with van der Waals surface area (Å²) in [5.41, 5.74) is 5.42. The van der Waals surface area contributed by atoms with Crippen LogP contribution in [0.25, 0.3) is 0 Å². The van der Waals surface area contributed by atoms with Gasteiger partial charge in [0.2, 0.25) is 17.7 Å². The fourth-order valence-electron chi connectivity index (χ4n) is 2.72. The number of rotatable bonds is 19. The van der Waals surface area contributed by atoms with Crippen LogP contribution in [-0.4, -0.2) is 86.6 Å². The molecule has 0 unspecified atom stereocenters. The molecule has 35 heavy (non-hydrogen) atoms. The smallest absolute Gasteiger partial charge is 0.326 e. The Hall–Kier alpha value is -2.87. The first kappa shape index (κ1) is 32.1. The average Bonchev–Trinajstić information content (AvgIpc) is 2.78. The molecule has 0 fully saturated rings. The van der Waals surface area contributed by atoms with Gasteiger partial charge in [-0.25, -0.2) is 4.79 Å². The second-order valence-corrected chi connectivity index (χ2v) is 9.05. The number of thioether (sulfide) groups is 1. The number of carbonyl (C=O) groups excluding carboxylic acids is 3. The maximum Gasteiger partial charge on any atom is 0.326 e. The number of hydrogen-bond acceptors (Lipinski definition) is 8. The molecule has 0 aliphatic heterocycles. The largest absolute Gasteiger partial charge is 0.480 e. The quantitative estimate of drug-likeness (QED) is 0.108. The number of carboxylic acids is 3. The van der Waals surface area contributed by atoms with Crippen LogP contribution in [0.2, 0.25) is 0 Å². The van der Waals surface area contributed by atoms with Crippen LogP contribution >= 0.6 is 11.8 Å². The van der Waals surface area contributed by atoms with E-state index < -0.39 is 59.8 Å². The van der Waals surface area contributed by atoms with Crippen molar-refractivity contribution in [3.8, 4) is 0 Å². The summed E-state index contributed by atoms with van der Waals surface area (Å²) < 4.78 is 0. The average molecular weight is 521 g/mol. The Bertz CT molecular complexity index is 750. The van der Waals surface area contributed by atoms with Crippen molar-refractivity contribution in [1.82, 2.24) is 16.0 Å². The molecule has 0 heterocycles. The second-order valence-electron chi connectivity index (χ2n) is 7.98. The van der Waals surface area contributed by atoms with Gasteiger partial charge < -0.3 is 37.0 Å². The Morgan fingerprint density at radius 2 is 1.37 bits per heavy atom. The van der Waals surface area contributed by atoms with Gasteiger partial charge in [0.25, 0.3) is 0 Å². The lowest BCUT2D eigenvalue weighted by atomic mass is 10.1. The highest BCUT2D eigenvalue weighted by atomic mass is 32.2. The molecular formula is C21H36N4O9S. The molecule has 0 radical (unpaired) electrons. The molecule has 0 aliphatic carbocycles. The van der Waals surface area contributed by atoms with Crippen LogP contribution < -0.4 is 21.7 Å². The number of carboxylic acid groups (broad SMARTS) is 3. The van der Waals surface area contributed by atoms with Gasteiger partial charge in [0, 0.05) is 24.3 Å². The van der Waals surface area contributed by atoms with Crippen molar-refractivity contribution in [1.29, 1.82) is 0 Å². The van der Waals surface area contributed by atoms with E-state index in [1.165, 1.54) is 6.92 Å². The van der Waals surface area contributed by atoms with Crippen molar-refractivity contribution in [2.45, 2.75) is 83.0 Å². The maximum absolute atomic E-state index is 12.4. The van der Waals surface area contributed by atoms with Gasteiger partial charge in [0.05, 0.1) is 0 Å². The van der Waals surface area contributed by atoms with Crippen molar-refractivity contribution in [2.24, 2.45) is 5.73 Å². The predicted octanol–water partition coefficient (Wildman–Crippen LogP) is -0.474. The van der Waals surface area contributed by atoms with Crippen molar-refractivity contribution < 1.29 is 44.1 Å². The van der Waals surface area contributed by atoms with E-state index >= 15 is 0 Å². The van der Waals surface area contributed by atoms with Gasteiger partial charge in [-0.15, -0.1) is 0 Å². The van der Waals surface area contributed by atoms with Crippen molar-refractivity contribution in [2.75, 3.05) is 11.5 Å². The van der Waals surface area contributed by atoms with Crippen molar-refractivity contribution >= 4 is 47.4 Å². The third-order valence-electron chi connectivity index (χ3n) is 4.83. The van der Waals surface area contributed by atoms with Crippen molar-refractivity contribution in [3.05, 3.63) is 0 Å². The standard InChI is InChI=1S/C21H36N4O9S/c1-3-4-5-6-7-16(26)24-14(21(33)34)8-9-17(27)25-15(11-35-10-13(22)20(31)32)18(28)23-12(2)19(29)30/h12-15H,3-11,22H2,1-2H3,(H,23,28)(H,24,26)(H,25,27)(H,29,30)(H,31,32)(H,33,34)/t12-,13+,14-,15-/m1/s1. The molecular weight excluding hydrogens is 484 g/mol. The highest BCUT2D eigenvalue weighted by Gasteiger charge is 2.26. The SMILES string of the molecule is CCCCCCC(=O)N[C@H](CCC(=O)N[C@H](CSC[C@H](N)C(=O)O)C(=O)N[C@H](C)C(=O)O)C(=O)O. The maximum atomic E-state index is 12.4. The topological polar surface area (TPSA) is 225 Å². The molecule has 0 spiro atoms. The van der Waals surface area contributed by atoms with E-state index in [1.54, 1.807) is 0 Å². The molecule has 4 atom stereocenters. The number of nitrogens with two attached hydrogens (primary N) is 1. The minimum absolute atomic E-state index is 0.0607. The molecule has 0 rings (SSSR count). The fourth-order valence-corrected chi connectivity index (χ4v) is 3.72. The normalized spacial score (nSPS) is 14.1. The zero-order valence-electron chi connectivity index (χ0n) is 20.0. The predicted molar refractivity (Wildman–Crippen MR) is 128 cm³/mol. The third kappa shape index (κ3) is 14.9. The first-order chi connectivity index (χ1) is 16.4. The van der Waals surface area contributed by atoms with Gasteiger partial charge in [0.15, 0.2) is 0 Å². The molecule has 0 aliphatic rings. The molecule has 0 aromatic heterocycles. The summed E-state index contributed by atoms with van der Waals surface area (Å²) in [6, 6.07) is -4.94. The van der Waals surface area contributed by atoms with E-state index in [0.717, 1.165) is 31.0 Å². The number of amides is 3. The van der Waals surface area contributed by atoms with E-state index in [9.17, 15) is 33.9 Å². The van der Waals surface area contributed by atoms with Crippen LogP contribution in [-0.2, 0) is 28.8 Å². The molecule has 13 nitrogen and oxygen atoms in total. The summed E-state index contributed by atoms with van der Waals surface area (Å²) in [7, 11) is 0. The first-order valence-corrected chi connectivity index (χ1v) is 12.4. The monoisotopic (exact) mass is 520 g/mol. The van der Waals surface area contributed by atoms with Crippen LogP contribution in [0.4, 0.5) is 0 Å². The molecule has 200 valence electrons. The summed E-state index contributed by atoms with van der Waals surface area (Å²) in [6.45, 7) is 3.26. The molecule has 0 saturated carbocycles. The van der Waals surface area contributed by atoms with Gasteiger partial charge in [-0.1, -0.05) is 26.2 Å². The van der Waals surface area contributed by atoms with Crippen LogP contribution in [0.5, 0.6) is 0 Å². The molecule has 0 saturated heterocycles. The summed E-state index contributed by atoms with van der Waals surface area (Å²) >= 11 is 0.972. The number of aliphatic carboxylic acids is 3. The van der Waals surface area contributed by atoms with E-state index in [2.05, 4.69) is 16.0 Å². The fraction of sp³-hybridized carbons (Fsp3) is 0.714. The van der Waals surface area contributed by atoms with Crippen LogP contribution in [0.15, 0.2) is 0 Å². The van der Waals surface area contributed by atoms with Gasteiger partial charge in [-0.05, 0) is 19.8 Å². The molecule has 14 heteroatoms. The van der Waals surface area contributed by atoms with E-state index in [4.69, 9.17) is 15.9 Å². The van der Waals surface area contributed by atoms with Crippen LogP contribution in [0, 0.1) is 0 Å². The highest BCUT2D eigenvalue weighted by molar-refractivity contribution is 7.99. The van der Waals surface area contributed by atoms with Gasteiger partial charge >= 0.3 is 17.9 Å². The van der Waals surface area contributed by atoms with Gasteiger partial charge in [0.1, 0.15) is 24.2 Å².